The summed E-state index contributed by atoms with van der Waals surface area (Å²) in [6.07, 6.45) is 10.9. The first kappa shape index (κ1) is 59.6. The molecule has 0 radical (unpaired) electrons. The lowest BCUT2D eigenvalue weighted by molar-refractivity contribution is -0.442. The van der Waals surface area contributed by atoms with Crippen molar-refractivity contribution in [2.24, 2.45) is 0 Å². The molecule has 3 heterocycles. The second kappa shape index (κ2) is 22.2. The number of nitrogens with zero attached hydrogens (tertiary/aromatic N) is 3. The standard InChI is InChI=1S/C49H53N3O21S5/c1-48(2)41(50(22-25-72-23-19-45(55)73-52-43(53)17-18-44(52)54)37-15-13-33-35(46(37)48)27-31(75(59,60)61)29-39(33)77(65,66)67)11-8-6-5-7-9-12-42-49(3,20-10-26-74(56,57)58)47-36-28-32(76(62,63)64)30-40(78(68,69)70)34(36)14-16-38(47)51(42)21-24-71-4/h5-9,11-16,27-30H,10,17-26H2,1-4H3,(H4-,56,57,58,59,60,61,62,63,64,65,66,67,68,69,70)/p+1. The van der Waals surface area contributed by atoms with Crippen molar-refractivity contribution in [1.82, 2.24) is 5.06 Å². The minimum atomic E-state index is -5.09. The number of ether oxygens (including phenoxy) is 2. The van der Waals surface area contributed by atoms with Gasteiger partial charge in [-0.2, -0.15) is 46.7 Å². The molecule has 0 aliphatic carbocycles. The third-order valence-corrected chi connectivity index (χ3v) is 17.7. The van der Waals surface area contributed by atoms with Crippen LogP contribution < -0.4 is 4.90 Å². The van der Waals surface area contributed by atoms with Crippen LogP contribution in [-0.4, -0.2) is 144 Å². The number of carbonyl (C=O) groups is 3. The zero-order valence-corrected chi connectivity index (χ0v) is 46.2. The van der Waals surface area contributed by atoms with Crippen LogP contribution in [0.2, 0.25) is 0 Å². The largest absolute Gasteiger partial charge is 0.383 e. The summed E-state index contributed by atoms with van der Waals surface area (Å²) in [5, 5.41) is 0.329. The number of allylic oxidation sites excluding steroid dienone is 8. The fourth-order valence-electron chi connectivity index (χ4n) is 10.1. The Morgan fingerprint density at radius 2 is 1.23 bits per heavy atom. The predicted molar refractivity (Wildman–Crippen MR) is 280 cm³/mol. The lowest BCUT2D eigenvalue weighted by Gasteiger charge is -2.30. The fourth-order valence-corrected chi connectivity index (χ4v) is 13.3. The molecule has 24 nitrogen and oxygen atoms in total. The molecule has 0 aromatic heterocycles. The number of anilines is 1. The Morgan fingerprint density at radius 3 is 1.78 bits per heavy atom. The molecule has 1 atom stereocenters. The second-order valence-electron chi connectivity index (χ2n) is 19.0. The summed E-state index contributed by atoms with van der Waals surface area (Å²) in [4.78, 5) is 39.7. The molecular formula is C49H54N3O21S5+. The van der Waals surface area contributed by atoms with E-state index in [1.807, 2.05) is 0 Å². The number of hydrogen-bond donors (Lipinski definition) is 5. The van der Waals surface area contributed by atoms with E-state index in [0.717, 1.165) is 12.1 Å². The zero-order chi connectivity index (χ0) is 57.6. The van der Waals surface area contributed by atoms with E-state index in [9.17, 15) is 79.2 Å². The van der Waals surface area contributed by atoms with Gasteiger partial charge in [-0.3, -0.25) is 32.4 Å². The van der Waals surface area contributed by atoms with Crippen LogP contribution in [0, 0.1) is 0 Å². The molecule has 1 saturated heterocycles. The van der Waals surface area contributed by atoms with Crippen molar-refractivity contribution in [3.63, 3.8) is 0 Å². The average molecular weight is 1180 g/mol. The first-order valence-corrected chi connectivity index (χ1v) is 30.9. The molecule has 78 heavy (non-hydrogen) atoms. The van der Waals surface area contributed by atoms with E-state index in [2.05, 4.69) is 0 Å². The number of carbonyl (C=O) groups excluding carboxylic acids is 3. The lowest BCUT2D eigenvalue weighted by atomic mass is 9.75. The van der Waals surface area contributed by atoms with Gasteiger partial charge in [0.25, 0.3) is 62.4 Å². The minimum Gasteiger partial charge on any atom is -0.383 e. The van der Waals surface area contributed by atoms with Crippen LogP contribution in [0.1, 0.15) is 64.0 Å². The van der Waals surface area contributed by atoms with Crippen molar-refractivity contribution in [2.45, 2.75) is 83.3 Å². The highest BCUT2D eigenvalue weighted by Gasteiger charge is 2.47. The monoisotopic (exact) mass is 1180 g/mol. The van der Waals surface area contributed by atoms with Crippen molar-refractivity contribution in [3.05, 3.63) is 108 Å². The number of hydroxylamine groups is 2. The van der Waals surface area contributed by atoms with Gasteiger partial charge < -0.3 is 19.2 Å². The van der Waals surface area contributed by atoms with E-state index in [1.165, 1.54) is 19.2 Å². The van der Waals surface area contributed by atoms with Gasteiger partial charge in [-0.15, -0.1) is 5.06 Å². The summed E-state index contributed by atoms with van der Waals surface area (Å²) >= 11 is 0. The molecule has 0 spiro atoms. The molecule has 29 heteroatoms. The Morgan fingerprint density at radius 1 is 0.679 bits per heavy atom. The highest BCUT2D eigenvalue weighted by atomic mass is 32.2. The molecule has 3 aliphatic heterocycles. The predicted octanol–water partition coefficient (Wildman–Crippen LogP) is 5.01. The Kier molecular flexibility index (Phi) is 17.0. The fraction of sp³-hybridized carbons (Fsp3) is 0.347. The zero-order valence-electron chi connectivity index (χ0n) is 42.1. The van der Waals surface area contributed by atoms with Crippen molar-refractivity contribution < 1.29 is 98.1 Å². The maximum Gasteiger partial charge on any atom is 0.335 e. The Balaban J connectivity index is 1.26. The van der Waals surface area contributed by atoms with Crippen LogP contribution in [0.4, 0.5) is 11.4 Å². The van der Waals surface area contributed by atoms with E-state index in [4.69, 9.17) is 14.3 Å². The molecule has 7 rings (SSSR count). The van der Waals surface area contributed by atoms with Crippen molar-refractivity contribution >= 4 is 107 Å². The van der Waals surface area contributed by atoms with Gasteiger partial charge in [0.1, 0.15) is 16.4 Å². The van der Waals surface area contributed by atoms with Crippen molar-refractivity contribution in [1.29, 1.82) is 0 Å². The molecule has 4 aromatic rings. The third kappa shape index (κ3) is 12.5. The van der Waals surface area contributed by atoms with Crippen molar-refractivity contribution in [3.8, 4) is 0 Å². The molecule has 1 unspecified atom stereocenters. The average Bonchev–Trinajstić information content (AvgIpc) is 4.02. The third-order valence-electron chi connectivity index (χ3n) is 13.5. The highest BCUT2D eigenvalue weighted by molar-refractivity contribution is 7.87. The Labute approximate surface area is 449 Å². The quantitative estimate of drug-likeness (QED) is 0.0227. The minimum absolute atomic E-state index is 0.000338. The SMILES string of the molecule is COCCN1/C(=C/C=C/C=C/C=C/C2=[N+](CCOCCC(=O)ON3C(=O)CCC3=O)c3ccc4c(S(=O)(=O)O)cc(S(=O)(=O)O)cc4c3C2(C)C)C(C)(CCCS(=O)(=O)O)c2c1ccc1c(S(=O)(=O)O)cc(S(=O)(=O)O)cc21. The molecule has 2 amide bonds. The normalized spacial score (nSPS) is 18.8. The number of fused-ring (bicyclic) bond motifs is 6. The lowest BCUT2D eigenvalue weighted by Crippen LogP contribution is -2.32. The molecule has 4 aromatic carbocycles. The van der Waals surface area contributed by atoms with Crippen LogP contribution >= 0.6 is 0 Å². The topological polar surface area (TPSA) is 360 Å². The second-order valence-corrected chi connectivity index (χ2v) is 26.2. The summed E-state index contributed by atoms with van der Waals surface area (Å²) in [5.74, 6) is -2.87. The van der Waals surface area contributed by atoms with Crippen LogP contribution in [0.15, 0.2) is 116 Å². The van der Waals surface area contributed by atoms with Gasteiger partial charge in [-0.05, 0) is 92.4 Å². The van der Waals surface area contributed by atoms with E-state index in [-0.39, 0.29) is 86.6 Å². The maximum absolute atomic E-state index is 12.7. The summed E-state index contributed by atoms with van der Waals surface area (Å²) in [6, 6.07) is 9.24. The van der Waals surface area contributed by atoms with Gasteiger partial charge in [-0.25, -0.2) is 4.79 Å². The number of amides is 2. The first-order valence-electron chi connectivity index (χ1n) is 23.6. The van der Waals surface area contributed by atoms with Gasteiger partial charge in [0.2, 0.25) is 5.69 Å². The molecule has 1 fully saturated rings. The molecule has 420 valence electrons. The number of imide groups is 1. The van der Waals surface area contributed by atoms with Gasteiger partial charge in [0, 0.05) is 71.8 Å². The number of benzene rings is 4. The Bertz CT molecular complexity index is 3910. The van der Waals surface area contributed by atoms with E-state index >= 15 is 0 Å². The van der Waals surface area contributed by atoms with E-state index < -0.39 is 105 Å². The van der Waals surface area contributed by atoms with Crippen molar-refractivity contribution in [2.75, 3.05) is 50.7 Å². The van der Waals surface area contributed by atoms with Gasteiger partial charge >= 0.3 is 5.97 Å². The van der Waals surface area contributed by atoms with Crippen LogP contribution in [0.3, 0.4) is 0 Å². The summed E-state index contributed by atoms with van der Waals surface area (Å²) in [5.41, 5.74) is 0.312. The van der Waals surface area contributed by atoms with E-state index in [0.29, 0.717) is 51.1 Å². The number of rotatable bonds is 22. The van der Waals surface area contributed by atoms with Crippen LogP contribution in [-0.2, 0) is 90.1 Å². The van der Waals surface area contributed by atoms with E-state index in [1.54, 1.807) is 84.9 Å². The van der Waals surface area contributed by atoms with Gasteiger partial charge in [0.15, 0.2) is 12.3 Å². The summed E-state index contributed by atoms with van der Waals surface area (Å²) < 4.78 is 188. The van der Waals surface area contributed by atoms with Crippen LogP contribution in [0.25, 0.3) is 21.5 Å². The molecule has 5 N–H and O–H groups in total. The smallest absolute Gasteiger partial charge is 0.335 e. The Hall–Kier alpha value is -6.09. The summed E-state index contributed by atoms with van der Waals surface area (Å²) in [6.45, 7) is 5.38. The molecule has 0 saturated carbocycles. The van der Waals surface area contributed by atoms with Crippen LogP contribution in [0.5, 0.6) is 0 Å². The summed E-state index contributed by atoms with van der Waals surface area (Å²) in [7, 11) is -23.2. The maximum atomic E-state index is 12.7. The van der Waals surface area contributed by atoms with Gasteiger partial charge in [0.05, 0.1) is 40.6 Å². The first-order chi connectivity index (χ1) is 36.2. The molecule has 3 aliphatic rings. The molecule has 0 bridgehead atoms. The highest BCUT2D eigenvalue weighted by Crippen LogP contribution is 2.54. The molecular weight excluding hydrogens is 1130 g/mol. The van der Waals surface area contributed by atoms with Gasteiger partial charge in [-0.1, -0.05) is 36.4 Å². The number of hydrogen-bond acceptors (Lipinski definition) is 17. The number of methoxy groups -OCH3 is 1.